The standard InChI is InChI=1S/C44H76O6/c1-4-7-10-13-15-17-19-21-23-24-26-28-31-34-37-43(46)49-40-41(39-48-42(45)36-33-30-12-9-6-3)50-44(47)38-35-32-29-27-25-22-20-18-16-14-11-8-5-2/h8,11,16,18,22,25,29,32,41H,4-7,9-10,12-15,17,19-21,23-24,26-28,30-31,33-40H2,1-3H3/b11-8-,18-16-,25-22-,32-29-. The van der Waals surface area contributed by atoms with E-state index in [1.165, 1.54) is 77.0 Å². The van der Waals surface area contributed by atoms with Crippen molar-refractivity contribution in [1.82, 2.24) is 0 Å². The van der Waals surface area contributed by atoms with E-state index in [2.05, 4.69) is 57.2 Å². The molecule has 0 aromatic carbocycles. The van der Waals surface area contributed by atoms with Gasteiger partial charge in [0.2, 0.25) is 0 Å². The molecule has 0 amide bonds. The van der Waals surface area contributed by atoms with Gasteiger partial charge in [-0.25, -0.2) is 0 Å². The predicted molar refractivity (Wildman–Crippen MR) is 210 cm³/mol. The Morgan fingerprint density at radius 1 is 0.420 bits per heavy atom. The second kappa shape index (κ2) is 39.2. The minimum atomic E-state index is -0.802. The summed E-state index contributed by atoms with van der Waals surface area (Å²) < 4.78 is 16.5. The molecular weight excluding hydrogens is 624 g/mol. The number of rotatable bonds is 36. The molecule has 6 heteroatoms. The van der Waals surface area contributed by atoms with Crippen molar-refractivity contribution in [3.8, 4) is 0 Å². The quantitative estimate of drug-likeness (QED) is 0.0280. The lowest BCUT2D eigenvalue weighted by molar-refractivity contribution is -0.166. The zero-order valence-corrected chi connectivity index (χ0v) is 32.7. The number of hydrogen-bond donors (Lipinski definition) is 0. The zero-order valence-electron chi connectivity index (χ0n) is 32.7. The maximum atomic E-state index is 12.6. The molecule has 0 fully saturated rings. The fourth-order valence-electron chi connectivity index (χ4n) is 5.51. The number of hydrogen-bond acceptors (Lipinski definition) is 6. The highest BCUT2D eigenvalue weighted by Crippen LogP contribution is 2.14. The molecule has 288 valence electrons. The van der Waals surface area contributed by atoms with E-state index in [1.807, 2.05) is 12.2 Å². The van der Waals surface area contributed by atoms with Crippen molar-refractivity contribution in [3.63, 3.8) is 0 Å². The van der Waals surface area contributed by atoms with Gasteiger partial charge in [-0.1, -0.05) is 179 Å². The first kappa shape index (κ1) is 47.4. The maximum Gasteiger partial charge on any atom is 0.306 e. The van der Waals surface area contributed by atoms with E-state index in [1.54, 1.807) is 0 Å². The monoisotopic (exact) mass is 701 g/mol. The number of carbonyl (C=O) groups is 3. The van der Waals surface area contributed by atoms with E-state index >= 15 is 0 Å². The molecule has 0 saturated heterocycles. The van der Waals surface area contributed by atoms with E-state index in [-0.39, 0.29) is 31.6 Å². The topological polar surface area (TPSA) is 78.9 Å². The minimum absolute atomic E-state index is 0.100. The van der Waals surface area contributed by atoms with Crippen molar-refractivity contribution in [2.45, 2.75) is 200 Å². The fourth-order valence-corrected chi connectivity index (χ4v) is 5.51. The Bertz CT molecular complexity index is 902. The van der Waals surface area contributed by atoms with Crippen LogP contribution in [0, 0.1) is 0 Å². The average Bonchev–Trinajstić information content (AvgIpc) is 3.11. The molecule has 0 heterocycles. The van der Waals surface area contributed by atoms with Gasteiger partial charge in [-0.3, -0.25) is 14.4 Å². The number of ether oxygens (including phenoxy) is 3. The van der Waals surface area contributed by atoms with Crippen LogP contribution in [0.25, 0.3) is 0 Å². The van der Waals surface area contributed by atoms with Crippen LogP contribution in [0.5, 0.6) is 0 Å². The molecule has 0 bridgehead atoms. The van der Waals surface area contributed by atoms with Crippen molar-refractivity contribution in [1.29, 1.82) is 0 Å². The number of esters is 3. The molecule has 0 aliphatic rings. The van der Waals surface area contributed by atoms with Crippen LogP contribution >= 0.6 is 0 Å². The van der Waals surface area contributed by atoms with E-state index in [4.69, 9.17) is 14.2 Å². The molecule has 0 aromatic heterocycles. The Hall–Kier alpha value is -2.63. The Morgan fingerprint density at radius 3 is 1.18 bits per heavy atom. The first-order valence-corrected chi connectivity index (χ1v) is 20.6. The molecule has 0 aliphatic carbocycles. The average molecular weight is 701 g/mol. The maximum absolute atomic E-state index is 12.6. The molecule has 1 unspecified atom stereocenters. The highest BCUT2D eigenvalue weighted by atomic mass is 16.6. The van der Waals surface area contributed by atoms with Crippen molar-refractivity contribution >= 4 is 17.9 Å². The van der Waals surface area contributed by atoms with Crippen molar-refractivity contribution in [3.05, 3.63) is 48.6 Å². The molecule has 6 nitrogen and oxygen atoms in total. The Morgan fingerprint density at radius 2 is 0.780 bits per heavy atom. The lowest BCUT2D eigenvalue weighted by atomic mass is 10.0. The molecule has 0 aromatic rings. The van der Waals surface area contributed by atoms with Gasteiger partial charge in [-0.05, 0) is 44.9 Å². The number of allylic oxidation sites excluding steroid dienone is 8. The van der Waals surface area contributed by atoms with Gasteiger partial charge in [-0.15, -0.1) is 0 Å². The van der Waals surface area contributed by atoms with Crippen LogP contribution in [0.3, 0.4) is 0 Å². The summed E-state index contributed by atoms with van der Waals surface area (Å²) in [6, 6.07) is 0. The summed E-state index contributed by atoms with van der Waals surface area (Å²) in [6.07, 6.45) is 44.2. The molecule has 1 atom stereocenters. The lowest BCUT2D eigenvalue weighted by Gasteiger charge is -2.18. The molecule has 0 spiro atoms. The van der Waals surface area contributed by atoms with Gasteiger partial charge >= 0.3 is 17.9 Å². The number of carbonyl (C=O) groups excluding carboxylic acids is 3. The Kier molecular flexibility index (Phi) is 37.1. The predicted octanol–water partition coefficient (Wildman–Crippen LogP) is 12.8. The first-order valence-electron chi connectivity index (χ1n) is 20.6. The largest absolute Gasteiger partial charge is 0.462 e. The SMILES string of the molecule is CC/C=C\C/C=C\C/C=C\C/C=C\CCC(=O)OC(COC(=O)CCCCCCC)COC(=O)CCCCCCCCCCCCCCCC. The number of unbranched alkanes of at least 4 members (excludes halogenated alkanes) is 17. The van der Waals surface area contributed by atoms with Crippen molar-refractivity contribution in [2.24, 2.45) is 0 Å². The fraction of sp³-hybridized carbons (Fsp3) is 0.750. The Balaban J connectivity index is 4.35. The summed E-state index contributed by atoms with van der Waals surface area (Å²) in [4.78, 5) is 37.3. The lowest BCUT2D eigenvalue weighted by Crippen LogP contribution is -2.30. The molecule has 50 heavy (non-hydrogen) atoms. The zero-order chi connectivity index (χ0) is 36.6. The van der Waals surface area contributed by atoms with E-state index < -0.39 is 12.1 Å². The van der Waals surface area contributed by atoms with Gasteiger partial charge in [0.05, 0.1) is 0 Å². The van der Waals surface area contributed by atoms with Gasteiger partial charge < -0.3 is 14.2 Å². The third-order valence-corrected chi connectivity index (χ3v) is 8.61. The van der Waals surface area contributed by atoms with Gasteiger partial charge in [-0.2, -0.15) is 0 Å². The minimum Gasteiger partial charge on any atom is -0.462 e. The van der Waals surface area contributed by atoms with E-state index in [9.17, 15) is 14.4 Å². The highest BCUT2D eigenvalue weighted by Gasteiger charge is 2.19. The van der Waals surface area contributed by atoms with Gasteiger partial charge in [0.25, 0.3) is 0 Å². The van der Waals surface area contributed by atoms with Gasteiger partial charge in [0, 0.05) is 19.3 Å². The molecule has 0 radical (unpaired) electrons. The summed E-state index contributed by atoms with van der Waals surface area (Å²) in [6.45, 7) is 6.35. The second-order valence-corrected chi connectivity index (χ2v) is 13.5. The molecule has 0 saturated carbocycles. The molecule has 0 aliphatic heterocycles. The summed E-state index contributed by atoms with van der Waals surface area (Å²) in [7, 11) is 0. The Labute approximate surface area is 307 Å². The van der Waals surface area contributed by atoms with Crippen LogP contribution in [-0.2, 0) is 28.6 Å². The highest BCUT2D eigenvalue weighted by molar-refractivity contribution is 5.71. The first-order chi connectivity index (χ1) is 24.5. The van der Waals surface area contributed by atoms with Crippen LogP contribution in [0.15, 0.2) is 48.6 Å². The molecule has 0 rings (SSSR count). The van der Waals surface area contributed by atoms with Crippen molar-refractivity contribution < 1.29 is 28.6 Å². The second-order valence-electron chi connectivity index (χ2n) is 13.5. The van der Waals surface area contributed by atoms with Crippen LogP contribution < -0.4 is 0 Å². The van der Waals surface area contributed by atoms with Crippen molar-refractivity contribution in [2.75, 3.05) is 13.2 Å². The van der Waals surface area contributed by atoms with Crippen LogP contribution in [0.4, 0.5) is 0 Å². The summed E-state index contributed by atoms with van der Waals surface area (Å²) in [5.41, 5.74) is 0. The smallest absolute Gasteiger partial charge is 0.306 e. The van der Waals surface area contributed by atoms with Crippen LogP contribution in [-0.4, -0.2) is 37.2 Å². The third kappa shape index (κ3) is 36.6. The third-order valence-electron chi connectivity index (χ3n) is 8.61. The summed E-state index contributed by atoms with van der Waals surface area (Å²) >= 11 is 0. The summed E-state index contributed by atoms with van der Waals surface area (Å²) in [5, 5.41) is 0. The normalized spacial score (nSPS) is 12.5. The molecular formula is C44H76O6. The summed E-state index contributed by atoms with van der Waals surface area (Å²) in [5.74, 6) is -1.00. The van der Waals surface area contributed by atoms with E-state index in [0.717, 1.165) is 70.6 Å². The van der Waals surface area contributed by atoms with Crippen LogP contribution in [0.1, 0.15) is 194 Å². The van der Waals surface area contributed by atoms with Crippen LogP contribution in [0.2, 0.25) is 0 Å². The molecule has 0 N–H and O–H groups in total. The van der Waals surface area contributed by atoms with Gasteiger partial charge in [0.15, 0.2) is 6.10 Å². The van der Waals surface area contributed by atoms with Gasteiger partial charge in [0.1, 0.15) is 13.2 Å². The van der Waals surface area contributed by atoms with E-state index in [0.29, 0.717) is 19.3 Å².